The van der Waals surface area contributed by atoms with Gasteiger partial charge in [-0.15, -0.1) is 0 Å². The molecule has 0 radical (unpaired) electrons. The molecule has 6 nitrogen and oxygen atoms in total. The molecular formula is C6H8N2O4S. The van der Waals surface area contributed by atoms with Gasteiger partial charge in [0.1, 0.15) is 0 Å². The van der Waals surface area contributed by atoms with Crippen molar-refractivity contribution in [3.8, 4) is 0 Å². The van der Waals surface area contributed by atoms with E-state index in [1.807, 2.05) is 0 Å². The van der Waals surface area contributed by atoms with Crippen LogP contribution in [0.2, 0.25) is 0 Å². The number of aliphatic imine (C=N–C) groups is 2. The number of rotatable bonds is 6. The van der Waals surface area contributed by atoms with Crippen molar-refractivity contribution in [2.45, 2.75) is 0 Å². The quantitative estimate of drug-likeness (QED) is 0.412. The fourth-order valence-electron chi connectivity index (χ4n) is 0.563. The molecule has 72 valence electrons. The summed E-state index contributed by atoms with van der Waals surface area (Å²) in [6.45, 7) is -0.201. The van der Waals surface area contributed by atoms with Crippen LogP contribution in [0.15, 0.2) is 9.98 Å². The van der Waals surface area contributed by atoms with Gasteiger partial charge in [0.05, 0.1) is 24.6 Å². The predicted molar refractivity (Wildman–Crippen MR) is 44.6 cm³/mol. The molecule has 0 N–H and O–H groups in total. The van der Waals surface area contributed by atoms with Gasteiger partial charge in [-0.2, -0.15) is 0 Å². The second-order valence-corrected chi connectivity index (χ2v) is 4.40. The monoisotopic (exact) mass is 204 g/mol. The van der Waals surface area contributed by atoms with Gasteiger partial charge in [0.2, 0.25) is 12.2 Å². The van der Waals surface area contributed by atoms with Crippen LogP contribution < -0.4 is 0 Å². The summed E-state index contributed by atoms with van der Waals surface area (Å²) in [5.74, 6) is -0.451. The predicted octanol–water partition coefficient (Wildman–Crippen LogP) is -0.927. The lowest BCUT2D eigenvalue weighted by atomic mass is 10.8. The van der Waals surface area contributed by atoms with E-state index in [-0.39, 0.29) is 24.6 Å². The molecule has 0 saturated carbocycles. The number of hydrogen-bond acceptors (Lipinski definition) is 6. The van der Waals surface area contributed by atoms with Gasteiger partial charge < -0.3 is 0 Å². The van der Waals surface area contributed by atoms with Crippen molar-refractivity contribution in [3.63, 3.8) is 0 Å². The first kappa shape index (κ1) is 11.7. The summed E-state index contributed by atoms with van der Waals surface area (Å²) in [7, 11) is -3.27. The van der Waals surface area contributed by atoms with E-state index in [2.05, 4.69) is 9.98 Å². The first-order valence-corrected chi connectivity index (χ1v) is 5.22. The first-order chi connectivity index (χ1) is 6.12. The number of hydrogen-bond donors (Lipinski definition) is 0. The van der Waals surface area contributed by atoms with Crippen molar-refractivity contribution >= 4 is 22.0 Å². The van der Waals surface area contributed by atoms with Gasteiger partial charge in [-0.25, -0.2) is 28.0 Å². The van der Waals surface area contributed by atoms with Gasteiger partial charge in [-0.05, 0) is 0 Å². The average Bonchev–Trinajstić information content (AvgIpc) is 2.05. The third kappa shape index (κ3) is 7.08. The van der Waals surface area contributed by atoms with Crippen LogP contribution in [0.25, 0.3) is 0 Å². The molecule has 0 aromatic heterocycles. The van der Waals surface area contributed by atoms with Crippen molar-refractivity contribution in [1.82, 2.24) is 0 Å². The highest BCUT2D eigenvalue weighted by atomic mass is 32.2. The van der Waals surface area contributed by atoms with Crippen LogP contribution in [0.3, 0.4) is 0 Å². The maximum absolute atomic E-state index is 11.0. The minimum Gasteiger partial charge on any atom is -0.229 e. The fraction of sp³-hybridized carbons (Fsp3) is 0.667. The molecule has 0 unspecified atom stereocenters. The molecule has 0 fully saturated rings. The SMILES string of the molecule is O=C=NCCS(=O)(=O)CCN=C=O. The Morgan fingerprint density at radius 2 is 1.31 bits per heavy atom. The Kier molecular flexibility index (Phi) is 5.63. The summed E-state index contributed by atoms with van der Waals surface area (Å²) in [6.07, 6.45) is 2.46. The third-order valence-electron chi connectivity index (χ3n) is 1.16. The summed E-state index contributed by atoms with van der Waals surface area (Å²) in [6, 6.07) is 0. The molecule has 0 aromatic carbocycles. The molecule has 7 heteroatoms. The Labute approximate surface area is 75.3 Å². The summed E-state index contributed by atoms with van der Waals surface area (Å²) in [5, 5.41) is 0. The Morgan fingerprint density at radius 3 is 1.62 bits per heavy atom. The minimum atomic E-state index is -3.27. The van der Waals surface area contributed by atoms with E-state index in [0.717, 1.165) is 0 Å². The van der Waals surface area contributed by atoms with E-state index < -0.39 is 9.84 Å². The largest absolute Gasteiger partial charge is 0.234 e. The smallest absolute Gasteiger partial charge is 0.229 e. The van der Waals surface area contributed by atoms with Crippen molar-refractivity contribution < 1.29 is 18.0 Å². The van der Waals surface area contributed by atoms with Crippen LogP contribution in [0.1, 0.15) is 0 Å². The van der Waals surface area contributed by atoms with Crippen molar-refractivity contribution in [2.24, 2.45) is 9.98 Å². The zero-order valence-corrected chi connectivity index (χ0v) is 7.58. The lowest BCUT2D eigenvalue weighted by Crippen LogP contribution is -2.15. The molecule has 0 rings (SSSR count). The van der Waals surface area contributed by atoms with Crippen LogP contribution in [-0.4, -0.2) is 45.2 Å². The molecule has 0 heterocycles. The van der Waals surface area contributed by atoms with Gasteiger partial charge in [0, 0.05) is 0 Å². The fourth-order valence-corrected chi connectivity index (χ4v) is 1.51. The van der Waals surface area contributed by atoms with Crippen molar-refractivity contribution in [3.05, 3.63) is 0 Å². The Hall–Kier alpha value is -1.29. The van der Waals surface area contributed by atoms with E-state index >= 15 is 0 Å². The van der Waals surface area contributed by atoms with Gasteiger partial charge in [0.25, 0.3) is 0 Å². The molecule has 13 heavy (non-hydrogen) atoms. The van der Waals surface area contributed by atoms with Crippen LogP contribution in [0.4, 0.5) is 0 Å². The number of sulfone groups is 1. The molecule has 0 spiro atoms. The summed E-state index contributed by atoms with van der Waals surface area (Å²) in [4.78, 5) is 25.4. The second-order valence-electron chi connectivity index (χ2n) is 2.10. The second kappa shape index (κ2) is 6.25. The van der Waals surface area contributed by atoms with Crippen molar-refractivity contribution in [2.75, 3.05) is 24.6 Å². The van der Waals surface area contributed by atoms with Crippen LogP contribution in [-0.2, 0) is 19.4 Å². The molecule has 0 aliphatic rings. The normalized spacial score (nSPS) is 9.85. The van der Waals surface area contributed by atoms with Crippen LogP contribution >= 0.6 is 0 Å². The Morgan fingerprint density at radius 1 is 0.923 bits per heavy atom. The maximum Gasteiger partial charge on any atom is 0.234 e. The summed E-state index contributed by atoms with van der Waals surface area (Å²) < 4.78 is 22.0. The molecule has 0 aliphatic carbocycles. The first-order valence-electron chi connectivity index (χ1n) is 3.40. The van der Waals surface area contributed by atoms with Gasteiger partial charge in [0.15, 0.2) is 9.84 Å². The van der Waals surface area contributed by atoms with E-state index in [4.69, 9.17) is 0 Å². The topological polar surface area (TPSA) is 93.0 Å². The standard InChI is InChI=1S/C6H8N2O4S/c9-5-7-1-3-13(11,12)4-2-8-6-10/h1-4H2. The minimum absolute atomic E-state index is 0.101. The van der Waals surface area contributed by atoms with Gasteiger partial charge >= 0.3 is 0 Å². The molecule has 0 atom stereocenters. The highest BCUT2D eigenvalue weighted by molar-refractivity contribution is 7.91. The van der Waals surface area contributed by atoms with Gasteiger partial charge in [-0.1, -0.05) is 0 Å². The summed E-state index contributed by atoms with van der Waals surface area (Å²) in [5.41, 5.74) is 0. The average molecular weight is 204 g/mol. The molecule has 0 aliphatic heterocycles. The number of nitrogens with zero attached hydrogens (tertiary/aromatic N) is 2. The van der Waals surface area contributed by atoms with Gasteiger partial charge in [-0.3, -0.25) is 0 Å². The highest BCUT2D eigenvalue weighted by Gasteiger charge is 2.08. The molecular weight excluding hydrogens is 196 g/mol. The number of carbonyl (C=O) groups excluding carboxylic acids is 2. The van der Waals surface area contributed by atoms with Crippen LogP contribution in [0, 0.1) is 0 Å². The van der Waals surface area contributed by atoms with Crippen molar-refractivity contribution in [1.29, 1.82) is 0 Å². The molecule has 0 bridgehead atoms. The Balaban J connectivity index is 3.94. The summed E-state index contributed by atoms with van der Waals surface area (Å²) >= 11 is 0. The van der Waals surface area contributed by atoms with E-state index in [9.17, 15) is 18.0 Å². The lowest BCUT2D eigenvalue weighted by Gasteiger charge is -1.96. The molecule has 0 saturated heterocycles. The maximum atomic E-state index is 11.0. The lowest BCUT2D eigenvalue weighted by molar-refractivity contribution is 0.563. The Bertz CT molecular complexity index is 308. The van der Waals surface area contributed by atoms with E-state index in [1.54, 1.807) is 0 Å². The zero-order valence-electron chi connectivity index (χ0n) is 6.76. The number of isocyanates is 2. The highest BCUT2D eigenvalue weighted by Crippen LogP contribution is 1.90. The zero-order chi connectivity index (χ0) is 10.2. The van der Waals surface area contributed by atoms with Crippen LogP contribution in [0.5, 0.6) is 0 Å². The molecule has 0 amide bonds. The van der Waals surface area contributed by atoms with E-state index in [0.29, 0.717) is 0 Å². The third-order valence-corrected chi connectivity index (χ3v) is 2.77. The molecule has 0 aromatic rings. The van der Waals surface area contributed by atoms with E-state index in [1.165, 1.54) is 12.2 Å².